The summed E-state index contributed by atoms with van der Waals surface area (Å²) in [6.07, 6.45) is -11.5. The van der Waals surface area contributed by atoms with E-state index in [-0.39, 0.29) is 0 Å². The lowest BCUT2D eigenvalue weighted by Crippen LogP contribution is -2.44. The maximum absolute atomic E-state index is 11.9. The number of alkyl halides is 7. The smallest absolute Gasteiger partial charge is 0.245 e. The van der Waals surface area contributed by atoms with Gasteiger partial charge in [0.1, 0.15) is 0 Å². The van der Waals surface area contributed by atoms with Crippen LogP contribution in [0.25, 0.3) is 0 Å². The molecule has 0 aliphatic rings. The van der Waals surface area contributed by atoms with Crippen LogP contribution in [0.1, 0.15) is 0 Å². The van der Waals surface area contributed by atoms with Crippen molar-refractivity contribution in [2.24, 2.45) is 0 Å². The van der Waals surface area contributed by atoms with Gasteiger partial charge in [0.15, 0.2) is 0 Å². The van der Waals surface area contributed by atoms with Crippen LogP contribution in [0, 0.1) is 6.92 Å². The van der Waals surface area contributed by atoms with E-state index in [1.54, 1.807) is 6.92 Å². The first-order valence-electron chi connectivity index (χ1n) is 2.33. The molecule has 0 fully saturated rings. The van der Waals surface area contributed by atoms with E-state index in [0.29, 0.717) is 0 Å². The van der Waals surface area contributed by atoms with Gasteiger partial charge >= 0.3 is 18.4 Å². The molecule has 0 aromatic carbocycles. The van der Waals surface area contributed by atoms with E-state index in [9.17, 15) is 30.7 Å². The zero-order valence-electron chi connectivity index (χ0n) is 5.26. The van der Waals surface area contributed by atoms with Crippen molar-refractivity contribution in [2.45, 2.75) is 18.4 Å². The average Bonchev–Trinajstić information content (AvgIpc) is 1.52. The summed E-state index contributed by atoms with van der Waals surface area (Å²) in [4.78, 5) is 0. The number of hydrogen-bond acceptors (Lipinski definition) is 1. The first-order chi connectivity index (χ1) is 4.96. The summed E-state index contributed by atoms with van der Waals surface area (Å²) in [7, 11) is 0. The molecule has 1 unspecified atom stereocenters. The van der Waals surface area contributed by atoms with Gasteiger partial charge in [0.05, 0.1) is 0 Å². The fourth-order valence-corrected chi connectivity index (χ4v) is 0.241. The van der Waals surface area contributed by atoms with Gasteiger partial charge in [-0.3, -0.25) is 0 Å². The monoisotopic (exact) mass is 199 g/mol. The summed E-state index contributed by atoms with van der Waals surface area (Å²) in [6, 6.07) is 0. The Kier molecular flexibility index (Phi) is 2.63. The molecule has 0 aliphatic carbocycles. The molecule has 0 bridgehead atoms. The molecule has 0 aromatic heterocycles. The fourth-order valence-electron chi connectivity index (χ4n) is 0.241. The number of rotatable bonds is 1. The number of hydrogen-bond donors (Lipinski definition) is 0. The van der Waals surface area contributed by atoms with E-state index in [1.165, 1.54) is 0 Å². The molecule has 0 aromatic rings. The van der Waals surface area contributed by atoms with Crippen molar-refractivity contribution in [1.82, 2.24) is 0 Å². The van der Waals surface area contributed by atoms with Gasteiger partial charge < -0.3 is 0 Å². The van der Waals surface area contributed by atoms with Crippen LogP contribution in [0.5, 0.6) is 0 Å². The zero-order valence-corrected chi connectivity index (χ0v) is 5.26. The van der Waals surface area contributed by atoms with Gasteiger partial charge in [0.2, 0.25) is 0 Å². The van der Waals surface area contributed by atoms with Crippen LogP contribution in [0.3, 0.4) is 0 Å². The molecule has 0 N–H and O–H groups in total. The van der Waals surface area contributed by atoms with Crippen molar-refractivity contribution >= 4 is 0 Å². The second kappa shape index (κ2) is 2.75. The summed E-state index contributed by atoms with van der Waals surface area (Å²) < 4.78 is 81.1. The molecule has 1 atom stereocenters. The van der Waals surface area contributed by atoms with Crippen molar-refractivity contribution in [3.8, 4) is 0 Å². The third-order valence-electron chi connectivity index (χ3n) is 0.701. The Bertz CT molecular complexity index is 154. The molecular formula is C4H2F7O. The summed E-state index contributed by atoms with van der Waals surface area (Å²) >= 11 is 0. The maximum atomic E-state index is 11.9. The first kappa shape index (κ1) is 11.5. The standard InChI is InChI=1S/C4H2F7O/c1-2(5,3(6,7)8)12-4(9,10)11/h1H2. The maximum Gasteiger partial charge on any atom is 0.525 e. The van der Waals surface area contributed by atoms with Crippen LogP contribution < -0.4 is 0 Å². The van der Waals surface area contributed by atoms with Crippen molar-refractivity contribution in [3.63, 3.8) is 0 Å². The molecule has 1 radical (unpaired) electrons. The second-order valence-corrected chi connectivity index (χ2v) is 1.77. The first-order valence-corrected chi connectivity index (χ1v) is 2.33. The van der Waals surface area contributed by atoms with Crippen molar-refractivity contribution in [1.29, 1.82) is 0 Å². The van der Waals surface area contributed by atoms with Gasteiger partial charge in [0.25, 0.3) is 0 Å². The Labute approximate surface area is 62.1 Å². The van der Waals surface area contributed by atoms with Gasteiger partial charge in [-0.1, -0.05) is 0 Å². The Morgan fingerprint density at radius 2 is 1.17 bits per heavy atom. The third kappa shape index (κ3) is 3.24. The highest BCUT2D eigenvalue weighted by atomic mass is 19.4. The van der Waals surface area contributed by atoms with Gasteiger partial charge in [-0.05, 0) is 0 Å². The van der Waals surface area contributed by atoms with Gasteiger partial charge in [-0.2, -0.15) is 13.2 Å². The molecule has 0 saturated heterocycles. The zero-order chi connectivity index (χ0) is 10.2. The minimum Gasteiger partial charge on any atom is -0.245 e. The van der Waals surface area contributed by atoms with Crippen LogP contribution >= 0.6 is 0 Å². The molecule has 8 heteroatoms. The largest absolute Gasteiger partial charge is 0.525 e. The average molecular weight is 199 g/mol. The Balaban J connectivity index is 4.44. The summed E-state index contributed by atoms with van der Waals surface area (Å²) in [6.45, 7) is 1.59. The molecule has 0 aliphatic heterocycles. The summed E-state index contributed by atoms with van der Waals surface area (Å²) in [5, 5.41) is 0. The molecule has 0 saturated carbocycles. The predicted molar refractivity (Wildman–Crippen MR) is 22.4 cm³/mol. The molecule has 0 heterocycles. The molecule has 0 rings (SSSR count). The van der Waals surface area contributed by atoms with Crippen LogP contribution in [-0.4, -0.2) is 18.4 Å². The quantitative estimate of drug-likeness (QED) is 0.589. The van der Waals surface area contributed by atoms with Crippen molar-refractivity contribution in [3.05, 3.63) is 6.92 Å². The molecule has 1 nitrogen and oxygen atoms in total. The molecule has 73 valence electrons. The van der Waals surface area contributed by atoms with Crippen LogP contribution in [-0.2, 0) is 4.74 Å². The SMILES string of the molecule is [CH2]C(F)(OC(F)(F)F)C(F)(F)F. The van der Waals surface area contributed by atoms with E-state index in [2.05, 4.69) is 4.74 Å². The minimum atomic E-state index is -5.82. The lowest BCUT2D eigenvalue weighted by molar-refractivity contribution is -0.433. The fraction of sp³-hybridized carbons (Fsp3) is 0.750. The van der Waals surface area contributed by atoms with E-state index >= 15 is 0 Å². The van der Waals surface area contributed by atoms with Gasteiger partial charge in [-0.15, -0.1) is 13.2 Å². The molecule has 12 heavy (non-hydrogen) atoms. The number of ether oxygens (including phenoxy) is 1. The van der Waals surface area contributed by atoms with Crippen molar-refractivity contribution < 1.29 is 35.5 Å². The molecule has 0 amide bonds. The van der Waals surface area contributed by atoms with Gasteiger partial charge in [0, 0.05) is 6.92 Å². The minimum absolute atomic E-state index is 1.59. The van der Waals surface area contributed by atoms with E-state index in [1.807, 2.05) is 0 Å². The van der Waals surface area contributed by atoms with E-state index < -0.39 is 18.4 Å². The number of halogens is 7. The van der Waals surface area contributed by atoms with E-state index in [0.717, 1.165) is 0 Å². The topological polar surface area (TPSA) is 9.23 Å². The highest BCUT2D eigenvalue weighted by Crippen LogP contribution is 2.38. The highest BCUT2D eigenvalue weighted by Gasteiger charge is 2.59. The Morgan fingerprint density at radius 3 is 1.25 bits per heavy atom. The lowest BCUT2D eigenvalue weighted by atomic mass is 10.3. The van der Waals surface area contributed by atoms with Crippen molar-refractivity contribution in [2.75, 3.05) is 0 Å². The Hall–Kier alpha value is -0.530. The van der Waals surface area contributed by atoms with Crippen LogP contribution in [0.2, 0.25) is 0 Å². The van der Waals surface area contributed by atoms with E-state index in [4.69, 9.17) is 0 Å². The summed E-state index contributed by atoms with van der Waals surface area (Å²) in [5.41, 5.74) is 0. The lowest BCUT2D eigenvalue weighted by Gasteiger charge is -2.24. The van der Waals surface area contributed by atoms with Gasteiger partial charge in [-0.25, -0.2) is 9.13 Å². The molecular weight excluding hydrogens is 197 g/mol. The summed E-state index contributed by atoms with van der Waals surface area (Å²) in [5.74, 6) is -4.95. The van der Waals surface area contributed by atoms with Crippen LogP contribution in [0.15, 0.2) is 0 Å². The molecule has 0 spiro atoms. The normalized spacial score (nSPS) is 19.0. The highest BCUT2D eigenvalue weighted by molar-refractivity contribution is 4.80. The second-order valence-electron chi connectivity index (χ2n) is 1.77. The third-order valence-corrected chi connectivity index (χ3v) is 0.701. The predicted octanol–water partition coefficient (Wildman–Crippen LogP) is 2.58. The Morgan fingerprint density at radius 1 is 0.833 bits per heavy atom. The van der Waals surface area contributed by atoms with Crippen LogP contribution in [0.4, 0.5) is 30.7 Å².